The quantitative estimate of drug-likeness (QED) is 0.567. The molecule has 1 unspecified atom stereocenters. The van der Waals surface area contributed by atoms with Crippen LogP contribution in [-0.4, -0.2) is 0 Å². The fourth-order valence-electron chi connectivity index (χ4n) is 1.98. The van der Waals surface area contributed by atoms with Crippen LogP contribution in [0.3, 0.4) is 0 Å². The van der Waals surface area contributed by atoms with E-state index in [0.29, 0.717) is 0 Å². The highest BCUT2D eigenvalue weighted by Crippen LogP contribution is 2.37. The van der Waals surface area contributed by atoms with Gasteiger partial charge in [0.15, 0.2) is 0 Å². The lowest BCUT2D eigenvalue weighted by molar-refractivity contribution is 0.560. The predicted octanol–water partition coefficient (Wildman–Crippen LogP) is 5.83. The van der Waals surface area contributed by atoms with Gasteiger partial charge in [-0.15, -0.1) is 0 Å². The summed E-state index contributed by atoms with van der Waals surface area (Å²) < 4.78 is 28.6. The van der Waals surface area contributed by atoms with Crippen LogP contribution in [0.5, 0.6) is 0 Å². The van der Waals surface area contributed by atoms with Crippen LogP contribution >= 0.6 is 31.9 Å². The fraction of sp³-hybridized carbons (Fsp3) is 0.200. The molecule has 1 atom stereocenters. The molecule has 0 amide bonds. The minimum absolute atomic E-state index is 0.0484. The van der Waals surface area contributed by atoms with Crippen LogP contribution in [0, 0.1) is 25.5 Å². The van der Waals surface area contributed by atoms with Gasteiger partial charge >= 0.3 is 0 Å². The Balaban J connectivity index is 2.56. The van der Waals surface area contributed by atoms with E-state index in [9.17, 15) is 8.78 Å². The molecule has 0 aromatic heterocycles. The predicted molar refractivity (Wildman–Crippen MR) is 80.7 cm³/mol. The molecule has 19 heavy (non-hydrogen) atoms. The molecule has 0 fully saturated rings. The maximum absolute atomic E-state index is 13.8. The van der Waals surface area contributed by atoms with E-state index in [4.69, 9.17) is 0 Å². The second-order valence-corrected chi connectivity index (χ2v) is 6.23. The van der Waals surface area contributed by atoms with Crippen molar-refractivity contribution in [3.05, 3.63) is 68.7 Å². The number of hydrogen-bond acceptors (Lipinski definition) is 0. The molecule has 2 aromatic carbocycles. The summed E-state index contributed by atoms with van der Waals surface area (Å²) in [6.45, 7) is 3.87. The largest absolute Gasteiger partial charge is 0.207 e. The van der Waals surface area contributed by atoms with Crippen molar-refractivity contribution in [2.75, 3.05) is 0 Å². The van der Waals surface area contributed by atoms with E-state index >= 15 is 0 Å². The zero-order valence-corrected chi connectivity index (χ0v) is 13.6. The molecule has 4 heteroatoms. The fourth-order valence-corrected chi connectivity index (χ4v) is 3.37. The number of hydrogen-bond donors (Lipinski definition) is 0. The molecule has 0 nitrogen and oxygen atoms in total. The molecule has 0 saturated heterocycles. The molecule has 0 N–H and O–H groups in total. The summed E-state index contributed by atoms with van der Waals surface area (Å²) in [7, 11) is 0. The van der Waals surface area contributed by atoms with Gasteiger partial charge in [0.1, 0.15) is 11.6 Å². The second-order valence-electron chi connectivity index (χ2n) is 4.46. The highest BCUT2D eigenvalue weighted by atomic mass is 79.9. The van der Waals surface area contributed by atoms with Gasteiger partial charge in [0.05, 0.1) is 4.83 Å². The molecule has 100 valence electrons. The molecule has 2 aromatic rings. The number of halogens is 4. The Morgan fingerprint density at radius 3 is 2.16 bits per heavy atom. The Bertz CT molecular complexity index is 604. The first-order chi connectivity index (χ1) is 8.91. The van der Waals surface area contributed by atoms with Crippen molar-refractivity contribution >= 4 is 31.9 Å². The molecule has 0 aliphatic rings. The smallest absolute Gasteiger partial charge is 0.130 e. The Morgan fingerprint density at radius 2 is 1.58 bits per heavy atom. The van der Waals surface area contributed by atoms with E-state index in [1.165, 1.54) is 18.2 Å². The Kier molecular flexibility index (Phi) is 4.41. The maximum Gasteiger partial charge on any atom is 0.130 e. The molecule has 0 saturated carbocycles. The van der Waals surface area contributed by atoms with Gasteiger partial charge in [0.2, 0.25) is 0 Å². The van der Waals surface area contributed by atoms with Crippen LogP contribution in [0.1, 0.15) is 27.1 Å². The van der Waals surface area contributed by atoms with Gasteiger partial charge in [0, 0.05) is 10.0 Å². The normalized spacial score (nSPS) is 12.5. The van der Waals surface area contributed by atoms with Gasteiger partial charge in [-0.05, 0) is 48.7 Å². The summed E-state index contributed by atoms with van der Waals surface area (Å²) >= 11 is 6.86. The minimum Gasteiger partial charge on any atom is -0.207 e. The monoisotopic (exact) mass is 388 g/mol. The zero-order chi connectivity index (χ0) is 14.2. The molecule has 0 aliphatic heterocycles. The van der Waals surface area contributed by atoms with Gasteiger partial charge in [0.25, 0.3) is 0 Å². The van der Waals surface area contributed by atoms with Gasteiger partial charge in [-0.1, -0.05) is 44.0 Å². The van der Waals surface area contributed by atoms with Crippen molar-refractivity contribution in [1.29, 1.82) is 0 Å². The minimum atomic E-state index is -0.540. The van der Waals surface area contributed by atoms with E-state index in [1.54, 1.807) is 0 Å². The number of benzene rings is 2. The number of aryl methyl sites for hydroxylation is 2. The third-order valence-electron chi connectivity index (χ3n) is 3.07. The highest BCUT2D eigenvalue weighted by Gasteiger charge is 2.21. The van der Waals surface area contributed by atoms with Crippen LogP contribution in [0.2, 0.25) is 0 Å². The first-order valence-electron chi connectivity index (χ1n) is 5.76. The van der Waals surface area contributed by atoms with Gasteiger partial charge in [-0.25, -0.2) is 8.78 Å². The topological polar surface area (TPSA) is 0 Å². The van der Waals surface area contributed by atoms with Gasteiger partial charge in [-0.2, -0.15) is 0 Å². The summed E-state index contributed by atoms with van der Waals surface area (Å²) in [6.07, 6.45) is 0. The standard InChI is InChI=1S/C15H12Br2F2/c1-8-7-11(16)9(2)6-10(8)15(17)14-12(18)4-3-5-13(14)19/h3-7,15H,1-2H3. The summed E-state index contributed by atoms with van der Waals surface area (Å²) in [5.41, 5.74) is 2.92. The number of alkyl halides is 1. The van der Waals surface area contributed by atoms with Gasteiger partial charge < -0.3 is 0 Å². The SMILES string of the molecule is Cc1cc(C(Br)c2c(F)cccc2F)c(C)cc1Br. The lowest BCUT2D eigenvalue weighted by Crippen LogP contribution is -2.03. The average molecular weight is 390 g/mol. The Hall–Kier alpha value is -0.740. The van der Waals surface area contributed by atoms with Crippen molar-refractivity contribution in [1.82, 2.24) is 0 Å². The number of rotatable bonds is 2. The lowest BCUT2D eigenvalue weighted by Gasteiger charge is -2.16. The van der Waals surface area contributed by atoms with Crippen LogP contribution in [0.4, 0.5) is 8.78 Å². The maximum atomic E-state index is 13.8. The van der Waals surface area contributed by atoms with Crippen molar-refractivity contribution in [2.24, 2.45) is 0 Å². The van der Waals surface area contributed by atoms with Crippen molar-refractivity contribution < 1.29 is 8.78 Å². The summed E-state index contributed by atoms with van der Waals surface area (Å²) in [6, 6.07) is 7.80. The summed E-state index contributed by atoms with van der Waals surface area (Å²) in [5, 5.41) is 0. The van der Waals surface area contributed by atoms with Crippen LogP contribution < -0.4 is 0 Å². The van der Waals surface area contributed by atoms with E-state index in [1.807, 2.05) is 26.0 Å². The van der Waals surface area contributed by atoms with Crippen LogP contribution in [0.15, 0.2) is 34.8 Å². The third kappa shape index (κ3) is 2.90. The molecule has 2 rings (SSSR count). The van der Waals surface area contributed by atoms with Gasteiger partial charge in [-0.3, -0.25) is 0 Å². The Labute approximate surface area is 128 Å². The molecule has 0 heterocycles. The molecular formula is C15H12Br2F2. The van der Waals surface area contributed by atoms with Crippen LogP contribution in [-0.2, 0) is 0 Å². The highest BCUT2D eigenvalue weighted by molar-refractivity contribution is 9.10. The van der Waals surface area contributed by atoms with Crippen molar-refractivity contribution in [3.63, 3.8) is 0 Å². The van der Waals surface area contributed by atoms with E-state index in [2.05, 4.69) is 31.9 Å². The molecular weight excluding hydrogens is 378 g/mol. The average Bonchev–Trinajstić information content (AvgIpc) is 2.33. The Morgan fingerprint density at radius 1 is 1.00 bits per heavy atom. The summed E-state index contributed by atoms with van der Waals surface area (Å²) in [5.74, 6) is -1.08. The molecule has 0 spiro atoms. The van der Waals surface area contributed by atoms with E-state index in [-0.39, 0.29) is 5.56 Å². The zero-order valence-electron chi connectivity index (χ0n) is 10.5. The van der Waals surface area contributed by atoms with E-state index < -0.39 is 16.5 Å². The van der Waals surface area contributed by atoms with Crippen molar-refractivity contribution in [3.8, 4) is 0 Å². The van der Waals surface area contributed by atoms with E-state index in [0.717, 1.165) is 21.2 Å². The lowest BCUT2D eigenvalue weighted by atomic mass is 9.98. The second kappa shape index (κ2) is 5.71. The summed E-state index contributed by atoms with van der Waals surface area (Å²) in [4.78, 5) is -0.500. The third-order valence-corrected chi connectivity index (χ3v) is 4.88. The molecule has 0 radical (unpaired) electrons. The van der Waals surface area contributed by atoms with Crippen molar-refractivity contribution in [2.45, 2.75) is 18.7 Å². The van der Waals surface area contributed by atoms with Crippen LogP contribution in [0.25, 0.3) is 0 Å². The first kappa shape index (κ1) is 14.7. The molecule has 0 aliphatic carbocycles. The first-order valence-corrected chi connectivity index (χ1v) is 7.47. The molecule has 0 bridgehead atoms.